The Bertz CT molecular complexity index is 620. The Kier molecular flexibility index (Phi) is 6.78. The smallest absolute Gasteiger partial charge is 0.319 e. The average Bonchev–Trinajstić information content (AvgIpc) is 2.93. The van der Waals surface area contributed by atoms with Crippen molar-refractivity contribution in [3.8, 4) is 0 Å². The van der Waals surface area contributed by atoms with Gasteiger partial charge in [0.15, 0.2) is 0 Å². The number of aliphatic hydroxyl groups excluding tert-OH is 1. The third-order valence-electron chi connectivity index (χ3n) is 4.52. The zero-order chi connectivity index (χ0) is 18.4. The van der Waals surface area contributed by atoms with Crippen molar-refractivity contribution in [3.05, 3.63) is 29.3 Å². The zero-order valence-electron chi connectivity index (χ0n) is 15.1. The molecule has 2 rings (SSSR count). The molecule has 1 saturated heterocycles. The van der Waals surface area contributed by atoms with E-state index in [0.717, 1.165) is 18.4 Å². The van der Waals surface area contributed by atoms with E-state index < -0.39 is 0 Å². The van der Waals surface area contributed by atoms with Crippen molar-refractivity contribution in [2.45, 2.75) is 38.8 Å². The number of anilines is 1. The van der Waals surface area contributed by atoms with Gasteiger partial charge < -0.3 is 21.1 Å². The van der Waals surface area contributed by atoms with E-state index in [-0.39, 0.29) is 30.6 Å². The van der Waals surface area contributed by atoms with Crippen molar-refractivity contribution < 1.29 is 14.7 Å². The van der Waals surface area contributed by atoms with E-state index in [2.05, 4.69) is 16.0 Å². The van der Waals surface area contributed by atoms with Crippen LogP contribution in [0.5, 0.6) is 0 Å². The van der Waals surface area contributed by atoms with Crippen molar-refractivity contribution in [1.29, 1.82) is 0 Å². The number of hydrogen-bond acceptors (Lipinski definition) is 4. The lowest BCUT2D eigenvalue weighted by Crippen LogP contribution is -2.39. The standard InChI is InChI=1S/C18H28N4O3/c1-4-7-19-17(24)13-6-5-12(2)16(8-13)21-18(25)20-14-9-15(11-23)22(3)10-14/h5-6,8,14-15,23H,4,7,9-11H2,1-3H3,(H,19,24)(H2,20,21,25)/t14-,15+/m1/s1. The van der Waals surface area contributed by atoms with Crippen LogP contribution >= 0.6 is 0 Å². The van der Waals surface area contributed by atoms with Gasteiger partial charge in [0.25, 0.3) is 5.91 Å². The van der Waals surface area contributed by atoms with Gasteiger partial charge in [0, 0.05) is 36.4 Å². The fraction of sp³-hybridized carbons (Fsp3) is 0.556. The summed E-state index contributed by atoms with van der Waals surface area (Å²) in [6.07, 6.45) is 1.59. The number of nitrogens with one attached hydrogen (secondary N) is 3. The largest absolute Gasteiger partial charge is 0.395 e. The predicted molar refractivity (Wildman–Crippen MR) is 97.9 cm³/mol. The van der Waals surface area contributed by atoms with Crippen molar-refractivity contribution >= 4 is 17.6 Å². The number of likely N-dealkylation sites (N-methyl/N-ethyl adjacent to an activating group) is 1. The molecule has 25 heavy (non-hydrogen) atoms. The SMILES string of the molecule is CCCNC(=O)c1ccc(C)c(NC(=O)N[C@@H]2C[C@@H](CO)N(C)C2)c1. The summed E-state index contributed by atoms with van der Waals surface area (Å²) in [4.78, 5) is 26.4. The molecule has 0 aliphatic carbocycles. The van der Waals surface area contributed by atoms with Gasteiger partial charge in [0.05, 0.1) is 6.61 Å². The van der Waals surface area contributed by atoms with Gasteiger partial charge in [-0.1, -0.05) is 13.0 Å². The molecular weight excluding hydrogens is 320 g/mol. The summed E-state index contributed by atoms with van der Waals surface area (Å²) >= 11 is 0. The van der Waals surface area contributed by atoms with Gasteiger partial charge >= 0.3 is 6.03 Å². The van der Waals surface area contributed by atoms with E-state index in [1.54, 1.807) is 12.1 Å². The Balaban J connectivity index is 1.97. The van der Waals surface area contributed by atoms with Crippen molar-refractivity contribution in [2.24, 2.45) is 0 Å². The second-order valence-electron chi connectivity index (χ2n) is 6.59. The minimum Gasteiger partial charge on any atom is -0.395 e. The van der Waals surface area contributed by atoms with Crippen LogP contribution in [0, 0.1) is 6.92 Å². The summed E-state index contributed by atoms with van der Waals surface area (Å²) in [5.41, 5.74) is 2.03. The quantitative estimate of drug-likeness (QED) is 0.624. The molecule has 2 atom stereocenters. The van der Waals surface area contributed by atoms with Crippen LogP contribution < -0.4 is 16.0 Å². The molecule has 7 nitrogen and oxygen atoms in total. The van der Waals surface area contributed by atoms with Crippen LogP contribution in [-0.2, 0) is 0 Å². The van der Waals surface area contributed by atoms with Crippen molar-refractivity contribution in [1.82, 2.24) is 15.5 Å². The van der Waals surface area contributed by atoms with E-state index in [1.807, 2.05) is 31.9 Å². The van der Waals surface area contributed by atoms with Crippen LogP contribution in [0.15, 0.2) is 18.2 Å². The van der Waals surface area contributed by atoms with Crippen LogP contribution in [0.3, 0.4) is 0 Å². The molecule has 138 valence electrons. The normalized spacial score (nSPS) is 20.3. The first kappa shape index (κ1) is 19.2. The van der Waals surface area contributed by atoms with Crippen LogP contribution in [0.1, 0.15) is 35.7 Å². The molecule has 7 heteroatoms. The highest BCUT2D eigenvalue weighted by Crippen LogP contribution is 2.18. The van der Waals surface area contributed by atoms with Gasteiger partial charge in [-0.2, -0.15) is 0 Å². The van der Waals surface area contributed by atoms with Gasteiger partial charge in [-0.25, -0.2) is 4.79 Å². The second kappa shape index (κ2) is 8.82. The number of nitrogens with zero attached hydrogens (tertiary/aromatic N) is 1. The van der Waals surface area contributed by atoms with E-state index in [1.165, 1.54) is 0 Å². The lowest BCUT2D eigenvalue weighted by molar-refractivity contribution is 0.0953. The molecule has 1 aliphatic heterocycles. The topological polar surface area (TPSA) is 93.7 Å². The van der Waals surface area contributed by atoms with Crippen LogP contribution in [-0.4, -0.2) is 60.8 Å². The third-order valence-corrected chi connectivity index (χ3v) is 4.52. The monoisotopic (exact) mass is 348 g/mol. The van der Waals surface area contributed by atoms with Gasteiger partial charge in [-0.05, 0) is 44.5 Å². The number of aryl methyl sites for hydroxylation is 1. The number of rotatable bonds is 6. The number of carbonyl (C=O) groups excluding carboxylic acids is 2. The molecule has 1 aromatic rings. The van der Waals surface area contributed by atoms with E-state index >= 15 is 0 Å². The molecule has 0 saturated carbocycles. The molecule has 0 unspecified atom stereocenters. The lowest BCUT2D eigenvalue weighted by Gasteiger charge is -2.15. The Labute approximate surface area is 148 Å². The average molecular weight is 348 g/mol. The number of amides is 3. The summed E-state index contributed by atoms with van der Waals surface area (Å²) in [5, 5.41) is 17.9. The van der Waals surface area contributed by atoms with Gasteiger partial charge in [-0.15, -0.1) is 0 Å². The maximum Gasteiger partial charge on any atom is 0.319 e. The number of benzene rings is 1. The third kappa shape index (κ3) is 5.17. The first-order valence-corrected chi connectivity index (χ1v) is 8.72. The molecule has 1 heterocycles. The number of hydrogen-bond donors (Lipinski definition) is 4. The molecule has 0 radical (unpaired) electrons. The van der Waals surface area contributed by atoms with E-state index in [0.29, 0.717) is 24.3 Å². The van der Waals surface area contributed by atoms with Gasteiger partial charge in [0.2, 0.25) is 0 Å². The Morgan fingerprint density at radius 1 is 1.36 bits per heavy atom. The molecule has 1 fully saturated rings. The number of likely N-dealkylation sites (tertiary alicyclic amines) is 1. The highest BCUT2D eigenvalue weighted by atomic mass is 16.3. The number of urea groups is 1. The molecule has 4 N–H and O–H groups in total. The van der Waals surface area contributed by atoms with Crippen LogP contribution in [0.4, 0.5) is 10.5 Å². The summed E-state index contributed by atoms with van der Waals surface area (Å²) in [5.74, 6) is -0.145. The first-order chi connectivity index (χ1) is 11.9. The fourth-order valence-electron chi connectivity index (χ4n) is 2.98. The maximum absolute atomic E-state index is 12.3. The van der Waals surface area contributed by atoms with Crippen molar-refractivity contribution in [3.63, 3.8) is 0 Å². The Morgan fingerprint density at radius 2 is 2.12 bits per heavy atom. The van der Waals surface area contributed by atoms with Gasteiger partial charge in [-0.3, -0.25) is 9.69 Å². The van der Waals surface area contributed by atoms with E-state index in [4.69, 9.17) is 0 Å². The highest BCUT2D eigenvalue weighted by Gasteiger charge is 2.29. The Hall–Kier alpha value is -2.12. The molecule has 0 spiro atoms. The number of carbonyl (C=O) groups is 2. The Morgan fingerprint density at radius 3 is 2.76 bits per heavy atom. The molecule has 1 aromatic carbocycles. The molecule has 0 bridgehead atoms. The number of aliphatic hydroxyl groups is 1. The minimum absolute atomic E-state index is 0.00140. The maximum atomic E-state index is 12.3. The lowest BCUT2D eigenvalue weighted by atomic mass is 10.1. The minimum atomic E-state index is -0.300. The summed E-state index contributed by atoms with van der Waals surface area (Å²) in [6.45, 7) is 5.29. The summed E-state index contributed by atoms with van der Waals surface area (Å²) in [7, 11) is 1.93. The highest BCUT2D eigenvalue weighted by molar-refractivity contribution is 5.97. The van der Waals surface area contributed by atoms with Crippen LogP contribution in [0.25, 0.3) is 0 Å². The molecule has 0 aromatic heterocycles. The first-order valence-electron chi connectivity index (χ1n) is 8.72. The summed E-state index contributed by atoms with van der Waals surface area (Å²) < 4.78 is 0. The van der Waals surface area contributed by atoms with Crippen LogP contribution in [0.2, 0.25) is 0 Å². The second-order valence-corrected chi connectivity index (χ2v) is 6.59. The molecule has 1 aliphatic rings. The van der Waals surface area contributed by atoms with Crippen molar-refractivity contribution in [2.75, 3.05) is 32.1 Å². The zero-order valence-corrected chi connectivity index (χ0v) is 15.1. The molecular formula is C18H28N4O3. The van der Waals surface area contributed by atoms with Gasteiger partial charge in [0.1, 0.15) is 0 Å². The fourth-order valence-corrected chi connectivity index (χ4v) is 2.98. The molecule has 3 amide bonds. The van der Waals surface area contributed by atoms with E-state index in [9.17, 15) is 14.7 Å². The summed E-state index contributed by atoms with van der Waals surface area (Å²) in [6, 6.07) is 5.04. The predicted octanol–water partition coefficient (Wildman–Crippen LogP) is 1.32.